The van der Waals surface area contributed by atoms with Crippen LogP contribution in [0.25, 0.3) is 0 Å². The molecule has 0 unspecified atom stereocenters. The fourth-order valence-corrected chi connectivity index (χ4v) is 2.40. The molecule has 2 rings (SSSR count). The molecule has 19 heavy (non-hydrogen) atoms. The van der Waals surface area contributed by atoms with Crippen molar-refractivity contribution in [2.45, 2.75) is 26.0 Å². The summed E-state index contributed by atoms with van der Waals surface area (Å²) in [6.07, 6.45) is 0.504. The SMILES string of the molecule is Cc1ccccc1CN(C)C(=O)CN1CC[C@@H](O)C1. The number of likely N-dealkylation sites (tertiary alicyclic amines) is 1. The third kappa shape index (κ3) is 3.78. The van der Waals surface area contributed by atoms with E-state index >= 15 is 0 Å². The minimum Gasteiger partial charge on any atom is -0.392 e. The van der Waals surface area contributed by atoms with E-state index in [0.29, 0.717) is 19.6 Å². The second kappa shape index (κ2) is 6.17. The molecule has 0 bridgehead atoms. The molecular weight excluding hydrogens is 240 g/mol. The second-order valence-electron chi connectivity index (χ2n) is 5.35. The highest BCUT2D eigenvalue weighted by atomic mass is 16.3. The monoisotopic (exact) mass is 262 g/mol. The van der Waals surface area contributed by atoms with Gasteiger partial charge >= 0.3 is 0 Å². The molecular formula is C15H22N2O2. The molecule has 1 aliphatic heterocycles. The number of β-amino-alcohol motifs (C(OH)–C–C–N with tert-alkyl or cyclic N) is 1. The maximum atomic E-state index is 12.1. The number of rotatable bonds is 4. The number of hydrogen-bond acceptors (Lipinski definition) is 3. The highest BCUT2D eigenvalue weighted by Crippen LogP contribution is 2.11. The highest BCUT2D eigenvalue weighted by molar-refractivity contribution is 5.78. The van der Waals surface area contributed by atoms with Gasteiger partial charge in [-0.25, -0.2) is 0 Å². The van der Waals surface area contributed by atoms with Gasteiger partial charge in [0.25, 0.3) is 0 Å². The van der Waals surface area contributed by atoms with Crippen LogP contribution >= 0.6 is 0 Å². The normalized spacial score (nSPS) is 19.6. The molecule has 1 heterocycles. The molecule has 1 N–H and O–H groups in total. The summed E-state index contributed by atoms with van der Waals surface area (Å²) in [5.74, 6) is 0.109. The summed E-state index contributed by atoms with van der Waals surface area (Å²) < 4.78 is 0. The molecule has 1 aliphatic rings. The van der Waals surface area contributed by atoms with Gasteiger partial charge in [0.05, 0.1) is 12.6 Å². The van der Waals surface area contributed by atoms with Gasteiger partial charge in [0.15, 0.2) is 0 Å². The van der Waals surface area contributed by atoms with Gasteiger partial charge in [0.2, 0.25) is 5.91 Å². The average molecular weight is 262 g/mol. The molecule has 0 aliphatic carbocycles. The molecule has 1 aromatic rings. The van der Waals surface area contributed by atoms with Gasteiger partial charge < -0.3 is 10.0 Å². The largest absolute Gasteiger partial charge is 0.392 e. The molecule has 0 radical (unpaired) electrons. The number of aliphatic hydroxyl groups excluding tert-OH is 1. The van der Waals surface area contributed by atoms with Crippen molar-refractivity contribution >= 4 is 5.91 Å². The van der Waals surface area contributed by atoms with Crippen LogP contribution in [0.2, 0.25) is 0 Å². The quantitative estimate of drug-likeness (QED) is 0.881. The van der Waals surface area contributed by atoms with Crippen molar-refractivity contribution in [3.8, 4) is 0 Å². The lowest BCUT2D eigenvalue weighted by Crippen LogP contribution is -2.37. The van der Waals surface area contributed by atoms with E-state index in [-0.39, 0.29) is 12.0 Å². The molecule has 1 amide bonds. The van der Waals surface area contributed by atoms with Gasteiger partial charge in [-0.3, -0.25) is 9.69 Å². The zero-order chi connectivity index (χ0) is 13.8. The van der Waals surface area contributed by atoms with Crippen molar-refractivity contribution < 1.29 is 9.90 Å². The molecule has 1 atom stereocenters. The summed E-state index contributed by atoms with van der Waals surface area (Å²) in [4.78, 5) is 15.9. The van der Waals surface area contributed by atoms with Crippen LogP contribution < -0.4 is 0 Å². The molecule has 4 nitrogen and oxygen atoms in total. The van der Waals surface area contributed by atoms with E-state index < -0.39 is 0 Å². The van der Waals surface area contributed by atoms with Crippen LogP contribution in [0, 0.1) is 6.92 Å². The van der Waals surface area contributed by atoms with Crippen LogP contribution in [0.15, 0.2) is 24.3 Å². The fraction of sp³-hybridized carbons (Fsp3) is 0.533. The lowest BCUT2D eigenvalue weighted by atomic mass is 10.1. The van der Waals surface area contributed by atoms with Crippen LogP contribution in [0.5, 0.6) is 0 Å². The zero-order valence-corrected chi connectivity index (χ0v) is 11.7. The third-order valence-corrected chi connectivity index (χ3v) is 3.70. The van der Waals surface area contributed by atoms with Crippen molar-refractivity contribution in [1.82, 2.24) is 9.80 Å². The Labute approximate surface area is 114 Å². The van der Waals surface area contributed by atoms with Gasteiger partial charge in [-0.05, 0) is 24.5 Å². The number of hydrogen-bond donors (Lipinski definition) is 1. The number of likely N-dealkylation sites (N-methyl/N-ethyl adjacent to an activating group) is 1. The third-order valence-electron chi connectivity index (χ3n) is 3.70. The molecule has 1 fully saturated rings. The Balaban J connectivity index is 1.87. The molecule has 0 saturated carbocycles. The fourth-order valence-electron chi connectivity index (χ4n) is 2.40. The molecule has 0 aromatic heterocycles. The Morgan fingerprint density at radius 2 is 2.21 bits per heavy atom. The van der Waals surface area contributed by atoms with Gasteiger partial charge in [-0.2, -0.15) is 0 Å². The minimum atomic E-state index is -0.269. The standard InChI is InChI=1S/C15H22N2O2/c1-12-5-3-4-6-13(12)9-16(2)15(19)11-17-8-7-14(18)10-17/h3-6,14,18H,7-11H2,1-2H3/t14-/m1/s1. The topological polar surface area (TPSA) is 43.8 Å². The van der Waals surface area contributed by atoms with Crippen LogP contribution in [-0.4, -0.2) is 53.6 Å². The van der Waals surface area contributed by atoms with Crippen molar-refractivity contribution in [2.24, 2.45) is 0 Å². The summed E-state index contributed by atoms with van der Waals surface area (Å²) in [6.45, 7) is 4.53. The lowest BCUT2D eigenvalue weighted by molar-refractivity contribution is -0.131. The molecule has 1 aromatic carbocycles. The summed E-state index contributed by atoms with van der Waals surface area (Å²) >= 11 is 0. The van der Waals surface area contributed by atoms with Gasteiger partial charge in [-0.15, -0.1) is 0 Å². The Hall–Kier alpha value is -1.39. The van der Waals surface area contributed by atoms with E-state index in [9.17, 15) is 9.90 Å². The van der Waals surface area contributed by atoms with Crippen LogP contribution in [0.1, 0.15) is 17.5 Å². The molecule has 1 saturated heterocycles. The van der Waals surface area contributed by atoms with Crippen LogP contribution in [0.4, 0.5) is 0 Å². The van der Waals surface area contributed by atoms with E-state index in [1.165, 1.54) is 11.1 Å². The van der Waals surface area contributed by atoms with Crippen molar-refractivity contribution in [3.05, 3.63) is 35.4 Å². The summed E-state index contributed by atoms with van der Waals surface area (Å²) in [5, 5.41) is 9.46. The van der Waals surface area contributed by atoms with E-state index in [2.05, 4.69) is 19.1 Å². The van der Waals surface area contributed by atoms with Crippen LogP contribution in [0.3, 0.4) is 0 Å². The number of carbonyl (C=O) groups is 1. The zero-order valence-electron chi connectivity index (χ0n) is 11.7. The van der Waals surface area contributed by atoms with Gasteiger partial charge in [0.1, 0.15) is 0 Å². The Morgan fingerprint density at radius 1 is 1.47 bits per heavy atom. The number of nitrogens with zero attached hydrogens (tertiary/aromatic N) is 2. The Kier molecular flexibility index (Phi) is 4.56. The first-order valence-electron chi connectivity index (χ1n) is 6.75. The molecule has 4 heteroatoms. The Bertz CT molecular complexity index is 448. The van der Waals surface area contributed by atoms with Crippen molar-refractivity contribution in [3.63, 3.8) is 0 Å². The number of aliphatic hydroxyl groups is 1. The maximum absolute atomic E-state index is 12.1. The smallest absolute Gasteiger partial charge is 0.236 e. The van der Waals surface area contributed by atoms with E-state index in [4.69, 9.17) is 0 Å². The number of aryl methyl sites for hydroxylation is 1. The first-order chi connectivity index (χ1) is 9.06. The predicted molar refractivity (Wildman–Crippen MR) is 74.7 cm³/mol. The van der Waals surface area contributed by atoms with E-state index in [1.54, 1.807) is 4.90 Å². The average Bonchev–Trinajstić information content (AvgIpc) is 2.77. The maximum Gasteiger partial charge on any atom is 0.236 e. The van der Waals surface area contributed by atoms with E-state index in [1.807, 2.05) is 24.1 Å². The Morgan fingerprint density at radius 3 is 2.84 bits per heavy atom. The summed E-state index contributed by atoms with van der Waals surface area (Å²) in [5.41, 5.74) is 2.39. The van der Waals surface area contributed by atoms with Crippen LogP contribution in [-0.2, 0) is 11.3 Å². The van der Waals surface area contributed by atoms with Gasteiger partial charge in [-0.1, -0.05) is 24.3 Å². The predicted octanol–water partition coefficient (Wildman–Crippen LogP) is 1.02. The summed E-state index contributed by atoms with van der Waals surface area (Å²) in [7, 11) is 1.83. The van der Waals surface area contributed by atoms with Gasteiger partial charge in [0, 0.05) is 26.7 Å². The number of amides is 1. The lowest BCUT2D eigenvalue weighted by Gasteiger charge is -2.22. The minimum absolute atomic E-state index is 0.109. The van der Waals surface area contributed by atoms with E-state index in [0.717, 1.165) is 13.0 Å². The molecule has 0 spiro atoms. The first kappa shape index (κ1) is 14.0. The van der Waals surface area contributed by atoms with Crippen molar-refractivity contribution in [2.75, 3.05) is 26.7 Å². The number of benzene rings is 1. The highest BCUT2D eigenvalue weighted by Gasteiger charge is 2.23. The van der Waals surface area contributed by atoms with Crippen molar-refractivity contribution in [1.29, 1.82) is 0 Å². The molecule has 104 valence electrons. The number of carbonyl (C=O) groups excluding carboxylic acids is 1. The second-order valence-corrected chi connectivity index (χ2v) is 5.35. The summed E-state index contributed by atoms with van der Waals surface area (Å²) in [6, 6.07) is 8.12. The first-order valence-corrected chi connectivity index (χ1v) is 6.75.